The monoisotopic (exact) mass is 355 g/mol. The smallest absolute Gasteiger partial charge is 0.309 e. The van der Waals surface area contributed by atoms with Crippen molar-refractivity contribution < 1.29 is 19.4 Å². The number of carboxylic acid groups (broad SMARTS) is 1. The second kappa shape index (κ2) is 8.23. The van der Waals surface area contributed by atoms with Crippen LogP contribution in [0.5, 0.6) is 11.5 Å². The lowest BCUT2D eigenvalue weighted by atomic mass is 10.00. The first-order chi connectivity index (χ1) is 12.5. The van der Waals surface area contributed by atoms with Crippen LogP contribution in [0.1, 0.15) is 25.0 Å². The Morgan fingerprint density at radius 3 is 2.19 bits per heavy atom. The van der Waals surface area contributed by atoms with Gasteiger partial charge in [0.2, 0.25) is 0 Å². The van der Waals surface area contributed by atoms with E-state index >= 15 is 0 Å². The third-order valence-corrected chi connectivity index (χ3v) is 4.34. The Kier molecular flexibility index (Phi) is 5.78. The van der Waals surface area contributed by atoms with Crippen LogP contribution in [0.2, 0.25) is 0 Å². The molecule has 0 atom stereocenters. The van der Waals surface area contributed by atoms with Crippen LogP contribution >= 0.6 is 0 Å². The molecular formula is C21H25NO4. The lowest BCUT2D eigenvalue weighted by Crippen LogP contribution is -2.49. The molecule has 0 aromatic heterocycles. The van der Waals surface area contributed by atoms with Gasteiger partial charge in [0.15, 0.2) is 0 Å². The zero-order valence-electron chi connectivity index (χ0n) is 15.2. The summed E-state index contributed by atoms with van der Waals surface area (Å²) in [5.74, 6) is 0.774. The molecule has 0 saturated carbocycles. The van der Waals surface area contributed by atoms with Crippen molar-refractivity contribution >= 4 is 5.97 Å². The van der Waals surface area contributed by atoms with E-state index < -0.39 is 5.97 Å². The maximum atomic E-state index is 10.8. The first kappa shape index (κ1) is 18.3. The van der Waals surface area contributed by atoms with E-state index in [1.54, 1.807) is 0 Å². The molecule has 5 heteroatoms. The molecule has 0 amide bonds. The number of benzene rings is 2. The van der Waals surface area contributed by atoms with Gasteiger partial charge in [-0.05, 0) is 49.2 Å². The Balaban J connectivity index is 1.45. The molecule has 1 aliphatic heterocycles. The Bertz CT molecular complexity index is 719. The predicted molar refractivity (Wildman–Crippen MR) is 99.4 cm³/mol. The minimum atomic E-state index is -0.700. The summed E-state index contributed by atoms with van der Waals surface area (Å²) in [7, 11) is 0. The van der Waals surface area contributed by atoms with E-state index in [1.807, 2.05) is 62.4 Å². The van der Waals surface area contributed by atoms with Gasteiger partial charge in [0.05, 0.1) is 12.0 Å². The van der Waals surface area contributed by atoms with Crippen LogP contribution in [0.4, 0.5) is 0 Å². The Labute approximate surface area is 154 Å². The first-order valence-corrected chi connectivity index (χ1v) is 8.92. The second-order valence-electron chi connectivity index (χ2n) is 6.97. The Morgan fingerprint density at radius 2 is 1.62 bits per heavy atom. The molecule has 0 unspecified atom stereocenters. The third kappa shape index (κ3) is 4.99. The number of rotatable bonds is 8. The minimum Gasteiger partial charge on any atom is -0.491 e. The normalized spacial score (nSPS) is 14.9. The number of hydrogen-bond donors (Lipinski definition) is 1. The van der Waals surface area contributed by atoms with Crippen LogP contribution in [-0.2, 0) is 17.9 Å². The van der Waals surface area contributed by atoms with Crippen LogP contribution < -0.4 is 9.47 Å². The number of carbonyl (C=O) groups is 1. The van der Waals surface area contributed by atoms with Gasteiger partial charge in [-0.25, -0.2) is 0 Å². The zero-order chi connectivity index (χ0) is 18.5. The van der Waals surface area contributed by atoms with E-state index in [1.165, 1.54) is 0 Å². The van der Waals surface area contributed by atoms with Gasteiger partial charge in [0, 0.05) is 19.6 Å². The lowest BCUT2D eigenvalue weighted by Gasteiger charge is -2.36. The van der Waals surface area contributed by atoms with E-state index in [9.17, 15) is 4.79 Å². The maximum Gasteiger partial charge on any atom is 0.309 e. The van der Waals surface area contributed by atoms with Gasteiger partial charge in [0.25, 0.3) is 0 Å². The van der Waals surface area contributed by atoms with Gasteiger partial charge in [0.1, 0.15) is 18.1 Å². The minimum absolute atomic E-state index is 0.168. The molecule has 26 heavy (non-hydrogen) atoms. The number of aliphatic carboxylic acids is 1. The molecule has 2 aromatic carbocycles. The Hall–Kier alpha value is -2.53. The molecule has 0 aliphatic carbocycles. The highest BCUT2D eigenvalue weighted by atomic mass is 16.5. The van der Waals surface area contributed by atoms with Gasteiger partial charge >= 0.3 is 5.97 Å². The summed E-state index contributed by atoms with van der Waals surface area (Å²) >= 11 is 0. The molecule has 2 aromatic rings. The summed E-state index contributed by atoms with van der Waals surface area (Å²) in [4.78, 5) is 13.0. The topological polar surface area (TPSA) is 59.0 Å². The summed E-state index contributed by atoms with van der Waals surface area (Å²) < 4.78 is 11.5. The van der Waals surface area contributed by atoms with E-state index in [4.69, 9.17) is 14.6 Å². The molecule has 1 saturated heterocycles. The SMILES string of the molecule is CC(C)Oc1ccc(COc2ccc(CN3CC(C(=O)O)C3)cc2)cc1. The van der Waals surface area contributed by atoms with Crippen molar-refractivity contribution in [2.24, 2.45) is 5.92 Å². The van der Waals surface area contributed by atoms with Crippen molar-refractivity contribution in [1.82, 2.24) is 4.90 Å². The van der Waals surface area contributed by atoms with Crippen molar-refractivity contribution in [2.45, 2.75) is 33.1 Å². The highest BCUT2D eigenvalue weighted by Crippen LogP contribution is 2.21. The first-order valence-electron chi connectivity index (χ1n) is 8.92. The quantitative estimate of drug-likeness (QED) is 0.784. The van der Waals surface area contributed by atoms with Crippen molar-refractivity contribution in [3.8, 4) is 11.5 Å². The summed E-state index contributed by atoms with van der Waals surface area (Å²) in [6, 6.07) is 15.9. The van der Waals surface area contributed by atoms with Crippen molar-refractivity contribution in [1.29, 1.82) is 0 Å². The van der Waals surface area contributed by atoms with E-state index in [2.05, 4.69) is 4.90 Å². The number of likely N-dealkylation sites (tertiary alicyclic amines) is 1. The van der Waals surface area contributed by atoms with Gasteiger partial charge in [-0.1, -0.05) is 24.3 Å². The molecule has 1 heterocycles. The van der Waals surface area contributed by atoms with Crippen molar-refractivity contribution in [2.75, 3.05) is 13.1 Å². The average molecular weight is 355 g/mol. The predicted octanol–water partition coefficient (Wildman–Crippen LogP) is 3.57. The molecular weight excluding hydrogens is 330 g/mol. The molecule has 0 spiro atoms. The maximum absolute atomic E-state index is 10.8. The summed E-state index contributed by atoms with van der Waals surface area (Å²) in [6.07, 6.45) is 0.168. The molecule has 0 bridgehead atoms. The number of carboxylic acids is 1. The molecule has 3 rings (SSSR count). The highest BCUT2D eigenvalue weighted by Gasteiger charge is 2.32. The fourth-order valence-corrected chi connectivity index (χ4v) is 2.91. The number of nitrogens with zero attached hydrogens (tertiary/aromatic N) is 1. The van der Waals surface area contributed by atoms with Gasteiger partial charge in [-0.3, -0.25) is 9.69 Å². The third-order valence-electron chi connectivity index (χ3n) is 4.34. The largest absolute Gasteiger partial charge is 0.491 e. The van der Waals surface area contributed by atoms with Crippen LogP contribution in [0, 0.1) is 5.92 Å². The molecule has 1 aliphatic rings. The molecule has 5 nitrogen and oxygen atoms in total. The molecule has 1 N–H and O–H groups in total. The molecule has 138 valence electrons. The number of hydrogen-bond acceptors (Lipinski definition) is 4. The fourth-order valence-electron chi connectivity index (χ4n) is 2.91. The highest BCUT2D eigenvalue weighted by molar-refractivity contribution is 5.71. The molecule has 0 radical (unpaired) electrons. The van der Waals surface area contributed by atoms with Crippen LogP contribution in [0.15, 0.2) is 48.5 Å². The Morgan fingerprint density at radius 1 is 1.04 bits per heavy atom. The van der Waals surface area contributed by atoms with Crippen LogP contribution in [0.25, 0.3) is 0 Å². The van der Waals surface area contributed by atoms with Crippen molar-refractivity contribution in [3.63, 3.8) is 0 Å². The molecule has 1 fully saturated rings. The van der Waals surface area contributed by atoms with Gasteiger partial charge < -0.3 is 14.6 Å². The van der Waals surface area contributed by atoms with E-state index in [0.29, 0.717) is 19.7 Å². The lowest BCUT2D eigenvalue weighted by molar-refractivity contribution is -0.147. The summed E-state index contributed by atoms with van der Waals surface area (Å²) in [5, 5.41) is 8.91. The standard InChI is InChI=1S/C21H25NO4/c1-15(2)26-20-9-5-17(6-10-20)14-25-19-7-3-16(4-8-19)11-22-12-18(13-22)21(23)24/h3-10,15,18H,11-14H2,1-2H3,(H,23,24). The van der Waals surface area contributed by atoms with Gasteiger partial charge in [-0.2, -0.15) is 0 Å². The van der Waals surface area contributed by atoms with E-state index in [-0.39, 0.29) is 12.0 Å². The average Bonchev–Trinajstić information content (AvgIpc) is 2.57. The van der Waals surface area contributed by atoms with Gasteiger partial charge in [-0.15, -0.1) is 0 Å². The summed E-state index contributed by atoms with van der Waals surface area (Å²) in [6.45, 7) is 6.56. The zero-order valence-corrected chi connectivity index (χ0v) is 15.2. The van der Waals surface area contributed by atoms with E-state index in [0.717, 1.165) is 29.2 Å². The fraction of sp³-hybridized carbons (Fsp3) is 0.381. The number of ether oxygens (including phenoxy) is 2. The van der Waals surface area contributed by atoms with Crippen LogP contribution in [-0.4, -0.2) is 35.2 Å². The van der Waals surface area contributed by atoms with Crippen molar-refractivity contribution in [3.05, 3.63) is 59.7 Å². The van der Waals surface area contributed by atoms with Crippen LogP contribution in [0.3, 0.4) is 0 Å². The second-order valence-corrected chi connectivity index (χ2v) is 6.97. The summed E-state index contributed by atoms with van der Waals surface area (Å²) in [5.41, 5.74) is 2.25.